The van der Waals surface area contributed by atoms with Gasteiger partial charge >= 0.3 is 6.03 Å². The molecular weight excluding hydrogens is 324 g/mol. The van der Waals surface area contributed by atoms with Crippen molar-refractivity contribution in [1.29, 1.82) is 0 Å². The fraction of sp³-hybridized carbons (Fsp3) is 0.136. The molecule has 3 aromatic carbocycles. The summed E-state index contributed by atoms with van der Waals surface area (Å²) >= 11 is 0. The molecule has 0 radical (unpaired) electrons. The maximum absolute atomic E-state index is 11.9. The average molecular weight is 346 g/mol. The second-order valence-corrected chi connectivity index (χ2v) is 5.91. The summed E-state index contributed by atoms with van der Waals surface area (Å²) in [4.78, 5) is 11.9. The number of urea groups is 1. The van der Waals surface area contributed by atoms with E-state index in [1.165, 1.54) is 5.56 Å². The van der Waals surface area contributed by atoms with Crippen molar-refractivity contribution in [2.24, 2.45) is 0 Å². The van der Waals surface area contributed by atoms with E-state index in [4.69, 9.17) is 4.74 Å². The highest BCUT2D eigenvalue weighted by molar-refractivity contribution is 5.89. The fourth-order valence-corrected chi connectivity index (χ4v) is 2.55. The molecule has 2 N–H and O–H groups in total. The molecule has 4 nitrogen and oxygen atoms in total. The topological polar surface area (TPSA) is 50.4 Å². The summed E-state index contributed by atoms with van der Waals surface area (Å²) in [5, 5.41) is 5.70. The van der Waals surface area contributed by atoms with Gasteiger partial charge in [0.15, 0.2) is 0 Å². The van der Waals surface area contributed by atoms with Crippen LogP contribution in [0.15, 0.2) is 84.9 Å². The molecule has 0 aromatic heterocycles. The molecule has 132 valence electrons. The summed E-state index contributed by atoms with van der Waals surface area (Å²) in [6.07, 6.45) is 1.86. The average Bonchev–Trinajstić information content (AvgIpc) is 2.68. The Labute approximate surface area is 153 Å². The van der Waals surface area contributed by atoms with Gasteiger partial charge < -0.3 is 15.4 Å². The van der Waals surface area contributed by atoms with Crippen LogP contribution in [0, 0.1) is 0 Å². The zero-order chi connectivity index (χ0) is 18.0. The molecule has 26 heavy (non-hydrogen) atoms. The molecule has 0 spiro atoms. The number of hydrogen-bond donors (Lipinski definition) is 2. The summed E-state index contributed by atoms with van der Waals surface area (Å²) < 4.78 is 5.73. The Balaban J connectivity index is 1.40. The monoisotopic (exact) mass is 346 g/mol. The van der Waals surface area contributed by atoms with Crippen LogP contribution < -0.4 is 15.4 Å². The number of nitrogens with one attached hydrogen (secondary N) is 2. The van der Waals surface area contributed by atoms with Crippen molar-refractivity contribution in [2.45, 2.75) is 12.8 Å². The maximum atomic E-state index is 11.9. The molecule has 0 atom stereocenters. The van der Waals surface area contributed by atoms with Gasteiger partial charge in [0, 0.05) is 12.2 Å². The van der Waals surface area contributed by atoms with Crippen LogP contribution in [0.5, 0.6) is 11.5 Å². The molecule has 3 aromatic rings. The van der Waals surface area contributed by atoms with E-state index < -0.39 is 0 Å². The molecule has 3 rings (SSSR count). The molecule has 0 aliphatic carbocycles. The number of aryl methyl sites for hydroxylation is 1. The van der Waals surface area contributed by atoms with Gasteiger partial charge in [0.25, 0.3) is 0 Å². The van der Waals surface area contributed by atoms with E-state index in [1.807, 2.05) is 72.8 Å². The van der Waals surface area contributed by atoms with Crippen LogP contribution in [0.1, 0.15) is 12.0 Å². The highest BCUT2D eigenvalue weighted by atomic mass is 16.5. The van der Waals surface area contributed by atoms with Crippen LogP contribution in [-0.4, -0.2) is 12.6 Å². The van der Waals surface area contributed by atoms with Gasteiger partial charge in [-0.25, -0.2) is 4.79 Å². The number of anilines is 1. The first-order chi connectivity index (χ1) is 12.8. The van der Waals surface area contributed by atoms with Crippen LogP contribution in [0.3, 0.4) is 0 Å². The molecular formula is C22H22N2O2. The summed E-state index contributed by atoms with van der Waals surface area (Å²) in [5.41, 5.74) is 2.01. The predicted molar refractivity (Wildman–Crippen MR) is 105 cm³/mol. The Hall–Kier alpha value is -3.27. The normalized spacial score (nSPS) is 10.2. The van der Waals surface area contributed by atoms with Gasteiger partial charge in [-0.1, -0.05) is 48.5 Å². The van der Waals surface area contributed by atoms with Gasteiger partial charge in [-0.2, -0.15) is 0 Å². The molecule has 0 heterocycles. The number of amides is 2. The van der Waals surface area contributed by atoms with Gasteiger partial charge in [0.05, 0.1) is 0 Å². The van der Waals surface area contributed by atoms with Gasteiger partial charge in [-0.3, -0.25) is 0 Å². The number of hydrogen-bond acceptors (Lipinski definition) is 2. The molecule has 0 aliphatic rings. The summed E-state index contributed by atoms with van der Waals surface area (Å²) in [6, 6.07) is 26.9. The molecule has 2 amide bonds. The summed E-state index contributed by atoms with van der Waals surface area (Å²) in [7, 11) is 0. The van der Waals surface area contributed by atoms with E-state index in [-0.39, 0.29) is 6.03 Å². The third-order valence-corrected chi connectivity index (χ3v) is 3.86. The molecule has 0 bridgehead atoms. The smallest absolute Gasteiger partial charge is 0.319 e. The van der Waals surface area contributed by atoms with Crippen molar-refractivity contribution in [2.75, 3.05) is 11.9 Å². The van der Waals surface area contributed by atoms with E-state index >= 15 is 0 Å². The number of ether oxygens (including phenoxy) is 1. The number of para-hydroxylation sites is 1. The summed E-state index contributed by atoms with van der Waals surface area (Å²) in [6.45, 7) is 0.635. The number of rotatable bonds is 7. The first-order valence-corrected chi connectivity index (χ1v) is 8.71. The zero-order valence-corrected chi connectivity index (χ0v) is 14.5. The van der Waals surface area contributed by atoms with E-state index in [9.17, 15) is 4.79 Å². The van der Waals surface area contributed by atoms with Gasteiger partial charge in [0.2, 0.25) is 0 Å². The van der Waals surface area contributed by atoms with Crippen molar-refractivity contribution in [1.82, 2.24) is 5.32 Å². The summed E-state index contributed by atoms with van der Waals surface area (Å²) in [5.74, 6) is 1.51. The van der Waals surface area contributed by atoms with Crippen molar-refractivity contribution in [3.8, 4) is 11.5 Å². The van der Waals surface area contributed by atoms with Gasteiger partial charge in [-0.15, -0.1) is 0 Å². The third kappa shape index (κ3) is 5.67. The number of carbonyl (C=O) groups excluding carboxylic acids is 1. The lowest BCUT2D eigenvalue weighted by Gasteiger charge is -2.09. The van der Waals surface area contributed by atoms with Crippen molar-refractivity contribution in [3.63, 3.8) is 0 Å². The maximum Gasteiger partial charge on any atom is 0.319 e. The standard InChI is InChI=1S/C22H22N2O2/c25-22(23-17-7-10-18-8-3-1-4-9-18)24-19-13-15-21(16-14-19)26-20-11-5-2-6-12-20/h1-6,8-9,11-16H,7,10,17H2,(H2,23,24,25). The number of benzene rings is 3. The van der Waals surface area contributed by atoms with Crippen LogP contribution in [0.25, 0.3) is 0 Å². The van der Waals surface area contributed by atoms with E-state index in [0.29, 0.717) is 6.54 Å². The first kappa shape index (κ1) is 17.5. The van der Waals surface area contributed by atoms with Crippen LogP contribution in [0.4, 0.5) is 10.5 Å². The van der Waals surface area contributed by atoms with E-state index in [1.54, 1.807) is 0 Å². The fourth-order valence-electron chi connectivity index (χ4n) is 2.55. The zero-order valence-electron chi connectivity index (χ0n) is 14.5. The van der Waals surface area contributed by atoms with Crippen molar-refractivity contribution < 1.29 is 9.53 Å². The molecule has 0 fully saturated rings. The van der Waals surface area contributed by atoms with Gasteiger partial charge in [0.1, 0.15) is 11.5 Å². The highest BCUT2D eigenvalue weighted by Gasteiger charge is 2.02. The van der Waals surface area contributed by atoms with Crippen molar-refractivity contribution in [3.05, 3.63) is 90.5 Å². The van der Waals surface area contributed by atoms with Crippen LogP contribution >= 0.6 is 0 Å². The quantitative estimate of drug-likeness (QED) is 0.575. The molecule has 0 saturated carbocycles. The molecule has 0 unspecified atom stereocenters. The largest absolute Gasteiger partial charge is 0.457 e. The minimum atomic E-state index is -0.199. The predicted octanol–water partition coefficient (Wildman–Crippen LogP) is 5.23. The minimum absolute atomic E-state index is 0.199. The Morgan fingerprint density at radius 2 is 1.38 bits per heavy atom. The molecule has 0 aliphatic heterocycles. The Kier molecular flexibility index (Phi) is 6.26. The van der Waals surface area contributed by atoms with Crippen LogP contribution in [0.2, 0.25) is 0 Å². The SMILES string of the molecule is O=C(NCCCc1ccccc1)Nc1ccc(Oc2ccccc2)cc1. The highest BCUT2D eigenvalue weighted by Crippen LogP contribution is 2.22. The molecule has 0 saturated heterocycles. The van der Waals surface area contributed by atoms with E-state index in [0.717, 1.165) is 30.0 Å². The minimum Gasteiger partial charge on any atom is -0.457 e. The third-order valence-electron chi connectivity index (χ3n) is 3.86. The van der Waals surface area contributed by atoms with Crippen LogP contribution in [-0.2, 0) is 6.42 Å². The second kappa shape index (κ2) is 9.28. The lowest BCUT2D eigenvalue weighted by Crippen LogP contribution is -2.29. The Bertz CT molecular complexity index is 803. The Morgan fingerprint density at radius 3 is 2.08 bits per heavy atom. The Morgan fingerprint density at radius 1 is 0.769 bits per heavy atom. The van der Waals surface area contributed by atoms with E-state index in [2.05, 4.69) is 22.8 Å². The van der Waals surface area contributed by atoms with Gasteiger partial charge in [-0.05, 0) is 54.8 Å². The lowest BCUT2D eigenvalue weighted by molar-refractivity contribution is 0.252. The second-order valence-electron chi connectivity index (χ2n) is 5.91. The number of carbonyl (C=O) groups is 1. The van der Waals surface area contributed by atoms with Crippen molar-refractivity contribution >= 4 is 11.7 Å². The molecule has 4 heteroatoms. The first-order valence-electron chi connectivity index (χ1n) is 8.71. The lowest BCUT2D eigenvalue weighted by atomic mass is 10.1.